The van der Waals surface area contributed by atoms with E-state index < -0.39 is 11.9 Å². The van der Waals surface area contributed by atoms with E-state index in [9.17, 15) is 14.4 Å². The minimum atomic E-state index is -0.597. The second-order valence-electron chi connectivity index (χ2n) is 7.67. The molecule has 8 heteroatoms. The van der Waals surface area contributed by atoms with Crippen LogP contribution in [-0.4, -0.2) is 45.9 Å². The smallest absolute Gasteiger partial charge is 0.254 e. The average Bonchev–Trinajstić information content (AvgIpc) is 3.26. The van der Waals surface area contributed by atoms with Crippen molar-refractivity contribution in [2.45, 2.75) is 58.9 Å². The lowest BCUT2D eigenvalue weighted by molar-refractivity contribution is -0.121. The number of nitrogens with one attached hydrogen (secondary N) is 1. The molecule has 0 spiro atoms. The zero-order valence-corrected chi connectivity index (χ0v) is 18.4. The molecule has 3 N–H and O–H groups in total. The number of benzene rings is 1. The van der Waals surface area contributed by atoms with Crippen molar-refractivity contribution in [1.29, 1.82) is 0 Å². The van der Waals surface area contributed by atoms with Gasteiger partial charge in [0.1, 0.15) is 17.6 Å². The number of primary amides is 1. The van der Waals surface area contributed by atoms with Crippen molar-refractivity contribution in [3.8, 4) is 17.1 Å². The van der Waals surface area contributed by atoms with Gasteiger partial charge in [0.15, 0.2) is 0 Å². The number of nitrogens with two attached hydrogens (primary N) is 1. The maximum Gasteiger partial charge on any atom is 0.254 e. The van der Waals surface area contributed by atoms with Gasteiger partial charge < -0.3 is 20.4 Å². The fraction of sp³-hybridized carbons (Fsp3) is 0.478. The molecule has 1 fully saturated rings. The molecule has 166 valence electrons. The molecule has 31 heavy (non-hydrogen) atoms. The summed E-state index contributed by atoms with van der Waals surface area (Å²) in [4.78, 5) is 46.5. The van der Waals surface area contributed by atoms with E-state index in [0.29, 0.717) is 60.7 Å². The highest BCUT2D eigenvalue weighted by atomic mass is 16.5. The Morgan fingerprint density at radius 3 is 2.68 bits per heavy atom. The van der Waals surface area contributed by atoms with Gasteiger partial charge >= 0.3 is 0 Å². The molecule has 1 aromatic heterocycles. The van der Waals surface area contributed by atoms with Gasteiger partial charge in [0.2, 0.25) is 5.91 Å². The predicted molar refractivity (Wildman–Crippen MR) is 118 cm³/mol. The average molecular weight is 427 g/mol. The van der Waals surface area contributed by atoms with E-state index in [1.807, 2.05) is 20.8 Å². The standard InChI is InChI=1S/C23H30N4O4/c1-4-12-31-19-10-9-14(23(30)27-11-7-8-18(27)20(24)28)13-16(19)21-25-17(6-3)15(5-2)22(29)26-21/h9-10,13,18H,4-8,11-12H2,1-3H3,(H2,24,28)(H,25,26,29). The molecule has 0 saturated carbocycles. The highest BCUT2D eigenvalue weighted by Gasteiger charge is 2.33. The number of aromatic nitrogens is 2. The third-order valence-corrected chi connectivity index (χ3v) is 5.57. The fourth-order valence-corrected chi connectivity index (χ4v) is 3.99. The number of hydrogen-bond donors (Lipinski definition) is 2. The van der Waals surface area contributed by atoms with E-state index in [2.05, 4.69) is 9.97 Å². The molecule has 0 aliphatic carbocycles. The monoisotopic (exact) mass is 426 g/mol. The third-order valence-electron chi connectivity index (χ3n) is 5.57. The van der Waals surface area contributed by atoms with Gasteiger partial charge in [-0.2, -0.15) is 0 Å². The molecular formula is C23H30N4O4. The van der Waals surface area contributed by atoms with Crippen molar-refractivity contribution < 1.29 is 14.3 Å². The molecule has 0 radical (unpaired) electrons. The number of aromatic amines is 1. The maximum atomic E-state index is 13.1. The van der Waals surface area contributed by atoms with Crippen LogP contribution in [0.5, 0.6) is 5.75 Å². The molecule has 2 aromatic rings. The fourth-order valence-electron chi connectivity index (χ4n) is 3.99. The number of hydrogen-bond acceptors (Lipinski definition) is 5. The Morgan fingerprint density at radius 2 is 2.03 bits per heavy atom. The van der Waals surface area contributed by atoms with Gasteiger partial charge in [0, 0.05) is 17.7 Å². The number of aryl methyl sites for hydroxylation is 1. The van der Waals surface area contributed by atoms with Crippen LogP contribution in [0.3, 0.4) is 0 Å². The molecule has 1 aliphatic heterocycles. The first-order valence-corrected chi connectivity index (χ1v) is 10.9. The zero-order chi connectivity index (χ0) is 22.5. The zero-order valence-electron chi connectivity index (χ0n) is 18.4. The van der Waals surface area contributed by atoms with E-state index in [-0.39, 0.29) is 11.5 Å². The lowest BCUT2D eigenvalue weighted by atomic mass is 10.1. The quantitative estimate of drug-likeness (QED) is 0.672. The van der Waals surface area contributed by atoms with Crippen LogP contribution < -0.4 is 16.0 Å². The largest absolute Gasteiger partial charge is 0.493 e. The first kappa shape index (κ1) is 22.5. The van der Waals surface area contributed by atoms with Gasteiger partial charge in [-0.15, -0.1) is 0 Å². The van der Waals surface area contributed by atoms with Crippen LogP contribution in [0.25, 0.3) is 11.4 Å². The van der Waals surface area contributed by atoms with E-state index >= 15 is 0 Å². The molecule has 3 rings (SSSR count). The van der Waals surface area contributed by atoms with Crippen LogP contribution in [0.4, 0.5) is 0 Å². The first-order chi connectivity index (χ1) is 14.9. The van der Waals surface area contributed by atoms with Crippen molar-refractivity contribution in [3.05, 3.63) is 45.4 Å². The molecule has 1 unspecified atom stereocenters. The van der Waals surface area contributed by atoms with Crippen molar-refractivity contribution >= 4 is 11.8 Å². The van der Waals surface area contributed by atoms with Crippen LogP contribution in [0.2, 0.25) is 0 Å². The van der Waals surface area contributed by atoms with Crippen LogP contribution in [0, 0.1) is 0 Å². The van der Waals surface area contributed by atoms with Crippen molar-refractivity contribution in [2.24, 2.45) is 5.73 Å². The number of amides is 2. The summed E-state index contributed by atoms with van der Waals surface area (Å²) >= 11 is 0. The number of ether oxygens (including phenoxy) is 1. The number of carbonyl (C=O) groups is 2. The van der Waals surface area contributed by atoms with Crippen LogP contribution >= 0.6 is 0 Å². The Kier molecular flexibility index (Phi) is 7.09. The molecule has 8 nitrogen and oxygen atoms in total. The Hall–Kier alpha value is -3.16. The van der Waals surface area contributed by atoms with Crippen LogP contribution in [0.15, 0.2) is 23.0 Å². The molecular weight excluding hydrogens is 396 g/mol. The molecule has 2 heterocycles. The molecule has 1 saturated heterocycles. The van der Waals surface area contributed by atoms with Gasteiger partial charge in [-0.25, -0.2) is 4.98 Å². The molecule has 1 aliphatic rings. The minimum absolute atomic E-state index is 0.184. The number of rotatable bonds is 8. The summed E-state index contributed by atoms with van der Waals surface area (Å²) in [5.41, 5.74) is 7.63. The Morgan fingerprint density at radius 1 is 1.26 bits per heavy atom. The lowest BCUT2D eigenvalue weighted by Crippen LogP contribution is -2.43. The van der Waals surface area contributed by atoms with Crippen LogP contribution in [0.1, 0.15) is 61.6 Å². The Bertz CT molecular complexity index is 1030. The minimum Gasteiger partial charge on any atom is -0.493 e. The van der Waals surface area contributed by atoms with E-state index in [4.69, 9.17) is 10.5 Å². The summed E-state index contributed by atoms with van der Waals surface area (Å²) in [6, 6.07) is 4.47. The topological polar surface area (TPSA) is 118 Å². The van der Waals surface area contributed by atoms with E-state index in [0.717, 1.165) is 18.5 Å². The summed E-state index contributed by atoms with van der Waals surface area (Å²) in [6.07, 6.45) is 3.33. The highest BCUT2D eigenvalue weighted by molar-refractivity contribution is 5.98. The summed E-state index contributed by atoms with van der Waals surface area (Å²) in [6.45, 7) is 6.85. The van der Waals surface area contributed by atoms with Crippen molar-refractivity contribution in [3.63, 3.8) is 0 Å². The van der Waals surface area contributed by atoms with Crippen molar-refractivity contribution in [1.82, 2.24) is 14.9 Å². The summed E-state index contributed by atoms with van der Waals surface area (Å²) in [5.74, 6) is 0.143. The van der Waals surface area contributed by atoms with Gasteiger partial charge in [-0.1, -0.05) is 20.8 Å². The first-order valence-electron chi connectivity index (χ1n) is 10.9. The lowest BCUT2D eigenvalue weighted by Gasteiger charge is -2.23. The predicted octanol–water partition coefficient (Wildman–Crippen LogP) is 2.44. The van der Waals surface area contributed by atoms with E-state index in [1.54, 1.807) is 18.2 Å². The Balaban J connectivity index is 2.08. The molecule has 1 aromatic carbocycles. The molecule has 1 atom stereocenters. The normalized spacial score (nSPS) is 15.8. The van der Waals surface area contributed by atoms with Gasteiger partial charge in [0.05, 0.1) is 17.9 Å². The number of nitrogens with zero attached hydrogens (tertiary/aromatic N) is 2. The second-order valence-corrected chi connectivity index (χ2v) is 7.67. The SMILES string of the molecule is CCCOc1ccc(C(=O)N2CCCC2C(N)=O)cc1-c1nc(CC)c(CC)c(=O)[nH]1. The number of likely N-dealkylation sites (tertiary alicyclic amines) is 1. The van der Waals surface area contributed by atoms with Crippen LogP contribution in [-0.2, 0) is 17.6 Å². The number of H-pyrrole nitrogens is 1. The highest BCUT2D eigenvalue weighted by Crippen LogP contribution is 2.30. The third kappa shape index (κ3) is 4.62. The van der Waals surface area contributed by atoms with E-state index in [1.165, 1.54) is 4.90 Å². The second kappa shape index (κ2) is 9.76. The van der Waals surface area contributed by atoms with Gasteiger partial charge in [0.25, 0.3) is 11.5 Å². The molecule has 0 bridgehead atoms. The Labute approximate surface area is 181 Å². The summed E-state index contributed by atoms with van der Waals surface area (Å²) in [7, 11) is 0. The molecule has 2 amide bonds. The summed E-state index contributed by atoms with van der Waals surface area (Å²) in [5, 5.41) is 0. The van der Waals surface area contributed by atoms with Gasteiger partial charge in [-0.3, -0.25) is 14.4 Å². The van der Waals surface area contributed by atoms with Gasteiger partial charge in [-0.05, 0) is 50.3 Å². The van der Waals surface area contributed by atoms with Crippen molar-refractivity contribution in [2.75, 3.05) is 13.2 Å². The maximum absolute atomic E-state index is 13.1. The summed E-state index contributed by atoms with van der Waals surface area (Å²) < 4.78 is 5.87. The number of carbonyl (C=O) groups excluding carboxylic acids is 2.